The second-order valence-corrected chi connectivity index (χ2v) is 5.80. The molecule has 7 nitrogen and oxygen atoms in total. The van der Waals surface area contributed by atoms with E-state index in [4.69, 9.17) is 9.47 Å². The predicted molar refractivity (Wildman–Crippen MR) is 99.1 cm³/mol. The number of nitrogens with one attached hydrogen (secondary N) is 2. The lowest BCUT2D eigenvalue weighted by molar-refractivity contribution is -0.117. The topological polar surface area (TPSA) is 79.9 Å². The fourth-order valence-corrected chi connectivity index (χ4v) is 2.92. The summed E-state index contributed by atoms with van der Waals surface area (Å²) >= 11 is 0. The Labute approximate surface area is 151 Å². The largest absolute Gasteiger partial charge is 0.497 e. The van der Waals surface area contributed by atoms with E-state index in [1.54, 1.807) is 30.2 Å². The highest BCUT2D eigenvalue weighted by Gasteiger charge is 2.24. The number of anilines is 2. The summed E-state index contributed by atoms with van der Waals surface area (Å²) in [5.74, 6) is 0.946. The summed E-state index contributed by atoms with van der Waals surface area (Å²) < 4.78 is 10.4. The zero-order valence-electron chi connectivity index (χ0n) is 14.7. The minimum atomic E-state index is -0.478. The zero-order valence-corrected chi connectivity index (χ0v) is 14.7. The van der Waals surface area contributed by atoms with Crippen LogP contribution in [0.25, 0.3) is 0 Å². The van der Waals surface area contributed by atoms with Crippen molar-refractivity contribution >= 4 is 23.3 Å². The van der Waals surface area contributed by atoms with E-state index in [-0.39, 0.29) is 12.5 Å². The molecule has 0 bridgehead atoms. The van der Waals surface area contributed by atoms with Gasteiger partial charge >= 0.3 is 6.03 Å². The first kappa shape index (κ1) is 17.6. The van der Waals surface area contributed by atoms with Crippen molar-refractivity contribution in [2.24, 2.45) is 0 Å². The first-order valence-electron chi connectivity index (χ1n) is 8.27. The first-order chi connectivity index (χ1) is 12.6. The van der Waals surface area contributed by atoms with Crippen LogP contribution in [0.2, 0.25) is 0 Å². The lowest BCUT2D eigenvalue weighted by Gasteiger charge is -2.18. The van der Waals surface area contributed by atoms with Gasteiger partial charge in [-0.3, -0.25) is 4.79 Å². The normalized spacial score (nSPS) is 12.3. The Morgan fingerprint density at radius 3 is 2.69 bits per heavy atom. The van der Waals surface area contributed by atoms with E-state index in [0.717, 1.165) is 17.7 Å². The van der Waals surface area contributed by atoms with Crippen LogP contribution >= 0.6 is 0 Å². The summed E-state index contributed by atoms with van der Waals surface area (Å²) in [4.78, 5) is 26.2. The van der Waals surface area contributed by atoms with Crippen molar-refractivity contribution in [2.45, 2.75) is 6.42 Å². The van der Waals surface area contributed by atoms with Gasteiger partial charge in [0.15, 0.2) is 0 Å². The Morgan fingerprint density at radius 2 is 1.92 bits per heavy atom. The van der Waals surface area contributed by atoms with E-state index in [2.05, 4.69) is 10.6 Å². The predicted octanol–water partition coefficient (Wildman–Crippen LogP) is 2.41. The summed E-state index contributed by atoms with van der Waals surface area (Å²) in [7, 11) is 3.06. The third-order valence-electron chi connectivity index (χ3n) is 4.25. The number of carbonyl (C=O) groups is 2. The number of hydrogen-bond acceptors (Lipinski definition) is 4. The zero-order chi connectivity index (χ0) is 18.5. The third-order valence-corrected chi connectivity index (χ3v) is 4.25. The van der Waals surface area contributed by atoms with Crippen LogP contribution in [0.15, 0.2) is 42.5 Å². The minimum absolute atomic E-state index is 0.0847. The van der Waals surface area contributed by atoms with Crippen molar-refractivity contribution in [1.29, 1.82) is 0 Å². The van der Waals surface area contributed by atoms with Gasteiger partial charge in [0.25, 0.3) is 0 Å². The Balaban J connectivity index is 1.57. The van der Waals surface area contributed by atoms with Crippen LogP contribution in [0, 0.1) is 0 Å². The van der Waals surface area contributed by atoms with Crippen molar-refractivity contribution in [3.8, 4) is 11.5 Å². The highest BCUT2D eigenvalue weighted by molar-refractivity contribution is 6.00. The van der Waals surface area contributed by atoms with Crippen LogP contribution in [0.5, 0.6) is 11.5 Å². The second kappa shape index (κ2) is 7.77. The van der Waals surface area contributed by atoms with Crippen molar-refractivity contribution in [3.63, 3.8) is 0 Å². The van der Waals surface area contributed by atoms with Crippen LogP contribution in [0.4, 0.5) is 16.2 Å². The standard InChI is InChI=1S/C19H21N3O4/c1-25-14-7-8-15(17(11-14)26-2)21-19(24)20-12-18(23)22-10-9-13-5-3-4-6-16(13)22/h3-8,11H,9-10,12H2,1-2H3,(H2,20,21,24). The molecule has 136 valence electrons. The molecular formula is C19H21N3O4. The molecule has 3 rings (SSSR count). The molecule has 2 N–H and O–H groups in total. The minimum Gasteiger partial charge on any atom is -0.497 e. The Kier molecular flexibility index (Phi) is 5.26. The fourth-order valence-electron chi connectivity index (χ4n) is 2.92. The van der Waals surface area contributed by atoms with Crippen molar-refractivity contribution in [1.82, 2.24) is 5.32 Å². The van der Waals surface area contributed by atoms with Gasteiger partial charge in [-0.15, -0.1) is 0 Å². The van der Waals surface area contributed by atoms with Crippen molar-refractivity contribution < 1.29 is 19.1 Å². The monoisotopic (exact) mass is 355 g/mol. The number of carbonyl (C=O) groups excluding carboxylic acids is 2. The van der Waals surface area contributed by atoms with Crippen LogP contribution in [0.1, 0.15) is 5.56 Å². The number of ether oxygens (including phenoxy) is 2. The molecule has 1 aliphatic heterocycles. The maximum absolute atomic E-state index is 12.4. The molecule has 0 saturated carbocycles. The maximum atomic E-state index is 12.4. The van der Waals surface area contributed by atoms with E-state index in [1.165, 1.54) is 7.11 Å². The number of fused-ring (bicyclic) bond motifs is 1. The number of nitrogens with zero attached hydrogens (tertiary/aromatic N) is 1. The van der Waals surface area contributed by atoms with E-state index >= 15 is 0 Å². The number of para-hydroxylation sites is 1. The summed E-state index contributed by atoms with van der Waals surface area (Å²) in [5.41, 5.74) is 2.55. The molecule has 0 spiro atoms. The SMILES string of the molecule is COc1ccc(NC(=O)NCC(=O)N2CCc3ccccc32)c(OC)c1. The summed E-state index contributed by atoms with van der Waals surface area (Å²) in [6, 6.07) is 12.4. The van der Waals surface area contributed by atoms with E-state index in [9.17, 15) is 9.59 Å². The highest BCUT2D eigenvalue weighted by atomic mass is 16.5. The molecule has 0 atom stereocenters. The Bertz CT molecular complexity index is 822. The maximum Gasteiger partial charge on any atom is 0.319 e. The summed E-state index contributed by atoms with van der Waals surface area (Å²) in [6.45, 7) is 0.548. The van der Waals surface area contributed by atoms with Crippen LogP contribution in [0.3, 0.4) is 0 Å². The second-order valence-electron chi connectivity index (χ2n) is 5.80. The number of methoxy groups -OCH3 is 2. The first-order valence-corrected chi connectivity index (χ1v) is 8.27. The average Bonchev–Trinajstić information content (AvgIpc) is 3.10. The van der Waals surface area contributed by atoms with Crippen LogP contribution in [-0.4, -0.2) is 39.2 Å². The molecule has 0 saturated heterocycles. The van der Waals surface area contributed by atoms with Crippen LogP contribution in [-0.2, 0) is 11.2 Å². The molecule has 2 aromatic rings. The lowest BCUT2D eigenvalue weighted by Crippen LogP contribution is -2.41. The van der Waals surface area contributed by atoms with Crippen molar-refractivity contribution in [3.05, 3.63) is 48.0 Å². The van der Waals surface area contributed by atoms with Gasteiger partial charge in [0.2, 0.25) is 5.91 Å². The molecule has 3 amide bonds. The lowest BCUT2D eigenvalue weighted by atomic mass is 10.2. The molecule has 0 unspecified atom stereocenters. The molecule has 0 radical (unpaired) electrons. The summed E-state index contributed by atoms with van der Waals surface area (Å²) in [6.07, 6.45) is 0.831. The van der Waals surface area contributed by atoms with Crippen LogP contribution < -0.4 is 25.0 Å². The molecule has 2 aromatic carbocycles. The quantitative estimate of drug-likeness (QED) is 0.863. The third kappa shape index (κ3) is 3.72. The van der Waals surface area contributed by atoms with E-state index in [0.29, 0.717) is 23.7 Å². The van der Waals surface area contributed by atoms with Gasteiger partial charge < -0.3 is 25.0 Å². The van der Waals surface area contributed by atoms with Gasteiger partial charge in [-0.1, -0.05) is 18.2 Å². The van der Waals surface area contributed by atoms with Gasteiger partial charge in [0, 0.05) is 18.3 Å². The Morgan fingerprint density at radius 1 is 1.12 bits per heavy atom. The number of urea groups is 1. The van der Waals surface area contributed by atoms with Gasteiger partial charge in [-0.25, -0.2) is 4.79 Å². The van der Waals surface area contributed by atoms with Crippen molar-refractivity contribution in [2.75, 3.05) is 37.5 Å². The smallest absolute Gasteiger partial charge is 0.319 e. The van der Waals surface area contributed by atoms with E-state index in [1.807, 2.05) is 24.3 Å². The molecule has 1 heterocycles. The van der Waals surface area contributed by atoms with Gasteiger partial charge in [0.1, 0.15) is 11.5 Å². The molecule has 7 heteroatoms. The molecule has 0 fully saturated rings. The highest BCUT2D eigenvalue weighted by Crippen LogP contribution is 2.29. The molecule has 0 aromatic heterocycles. The number of hydrogen-bond donors (Lipinski definition) is 2. The number of amides is 3. The molecule has 26 heavy (non-hydrogen) atoms. The van der Waals surface area contributed by atoms with Gasteiger partial charge in [-0.05, 0) is 30.2 Å². The van der Waals surface area contributed by atoms with E-state index < -0.39 is 6.03 Å². The number of benzene rings is 2. The molecular weight excluding hydrogens is 334 g/mol. The van der Waals surface area contributed by atoms with Gasteiger partial charge in [-0.2, -0.15) is 0 Å². The number of rotatable bonds is 5. The molecule has 1 aliphatic rings. The molecule has 0 aliphatic carbocycles. The Hall–Kier alpha value is -3.22. The average molecular weight is 355 g/mol. The van der Waals surface area contributed by atoms with Gasteiger partial charge in [0.05, 0.1) is 26.5 Å². The summed E-state index contributed by atoms with van der Waals surface area (Å²) in [5, 5.41) is 5.27. The fraction of sp³-hybridized carbons (Fsp3) is 0.263.